The minimum absolute atomic E-state index is 0.0142. The monoisotopic (exact) mass is 1060 g/mol. The number of hydrogen-bond acceptors (Lipinski definition) is 16. The number of carboxylic acids is 1. The first-order chi connectivity index (χ1) is 35.3. The molecule has 1 saturated heterocycles. The Morgan fingerprint density at radius 3 is 1.88 bits per heavy atom. The summed E-state index contributed by atoms with van der Waals surface area (Å²) in [5.74, 6) is -10.7. The number of hydrogen-bond donors (Lipinski definition) is 16. The lowest BCUT2D eigenvalue weighted by Crippen LogP contribution is -2.60. The van der Waals surface area contributed by atoms with Crippen molar-refractivity contribution in [2.75, 3.05) is 32.8 Å². The number of aliphatic hydroxyl groups is 3. The number of aliphatic imine (C=N–C) groups is 1. The largest absolute Gasteiger partial charge is 0.480 e. The Morgan fingerprint density at radius 2 is 1.31 bits per heavy atom. The van der Waals surface area contributed by atoms with E-state index in [9.17, 15) is 73.2 Å². The Labute approximate surface area is 432 Å². The zero-order valence-corrected chi connectivity index (χ0v) is 42.4. The second-order valence-corrected chi connectivity index (χ2v) is 18.3. The van der Waals surface area contributed by atoms with Crippen LogP contribution in [0.5, 0.6) is 0 Å². The molecule has 29 heteroatoms. The van der Waals surface area contributed by atoms with Crippen LogP contribution < -0.4 is 65.5 Å². The van der Waals surface area contributed by atoms with Crippen molar-refractivity contribution < 1.29 is 73.2 Å². The molecule has 0 spiro atoms. The highest BCUT2D eigenvalue weighted by molar-refractivity contribution is 5.98. The smallest absolute Gasteiger partial charge is 0.326 e. The molecule has 1 fully saturated rings. The summed E-state index contributed by atoms with van der Waals surface area (Å²) < 4.78 is 0. The van der Waals surface area contributed by atoms with Crippen molar-refractivity contribution in [2.45, 2.75) is 140 Å². The fraction of sp³-hybridized carbons (Fsp3) is 0.609. The third-order valence-electron chi connectivity index (χ3n) is 11.6. The van der Waals surface area contributed by atoms with Gasteiger partial charge in [0.15, 0.2) is 5.96 Å². The SMILES string of the molecule is CC(C)C[C@H](NC(=O)[C@H](CCCN=C(N)N)NC(=O)[C@@H](N)CO)C(=O)N1CCC[C@H]1C(=O)N[C@@H](CO)C(=O)N[C@@H](C)C(=O)NCC(=O)N[C@H](C(=O)N[C@@H](Cc1ccccc1)C(=O)N[C@@H](CCC(N)=O)C(=O)O)[C@@H](C)O. The molecule has 0 saturated carbocycles. The van der Waals surface area contributed by atoms with E-state index in [2.05, 4.69) is 47.5 Å². The number of benzene rings is 1. The van der Waals surface area contributed by atoms with Crippen LogP contribution in [0.2, 0.25) is 0 Å². The number of nitrogens with zero attached hydrogens (tertiary/aromatic N) is 2. The molecule has 0 aliphatic carbocycles. The average Bonchev–Trinajstić information content (AvgIpc) is 3.85. The second kappa shape index (κ2) is 31.9. The van der Waals surface area contributed by atoms with Crippen molar-refractivity contribution in [1.82, 2.24) is 47.4 Å². The maximum Gasteiger partial charge on any atom is 0.326 e. The number of guanidine groups is 1. The molecule has 10 atom stereocenters. The first kappa shape index (κ1) is 63.6. The molecular weight excluding hydrogens is 989 g/mol. The zero-order chi connectivity index (χ0) is 56.5. The van der Waals surface area contributed by atoms with E-state index in [0.29, 0.717) is 12.0 Å². The van der Waals surface area contributed by atoms with Gasteiger partial charge in [0.05, 0.1) is 25.9 Å². The Morgan fingerprint density at radius 1 is 0.707 bits per heavy atom. The van der Waals surface area contributed by atoms with Crippen LogP contribution in [0.1, 0.15) is 78.2 Å². The van der Waals surface area contributed by atoms with Gasteiger partial charge < -0.3 is 90.8 Å². The van der Waals surface area contributed by atoms with E-state index in [1.54, 1.807) is 44.2 Å². The van der Waals surface area contributed by atoms with Gasteiger partial charge in [-0.2, -0.15) is 0 Å². The number of aliphatic hydroxyl groups excluding tert-OH is 3. The van der Waals surface area contributed by atoms with E-state index < -0.39 is 145 Å². The Bertz CT molecular complexity index is 2180. The van der Waals surface area contributed by atoms with Crippen molar-refractivity contribution in [3.63, 3.8) is 0 Å². The van der Waals surface area contributed by atoms with E-state index in [4.69, 9.17) is 22.9 Å². The lowest BCUT2D eigenvalue weighted by molar-refractivity contribution is -0.143. The Kier molecular flexibility index (Phi) is 27.1. The molecule has 0 aromatic heterocycles. The number of nitrogens with one attached hydrogen (secondary N) is 8. The average molecular weight is 1060 g/mol. The number of aliphatic carboxylic acids is 1. The van der Waals surface area contributed by atoms with Crippen molar-refractivity contribution in [3.05, 3.63) is 35.9 Å². The summed E-state index contributed by atoms with van der Waals surface area (Å²) in [5, 5.41) is 58.6. The molecule has 0 unspecified atom stereocenters. The number of amides is 10. The predicted molar refractivity (Wildman–Crippen MR) is 266 cm³/mol. The second-order valence-electron chi connectivity index (χ2n) is 18.3. The van der Waals surface area contributed by atoms with E-state index in [-0.39, 0.29) is 69.9 Å². The summed E-state index contributed by atoms with van der Waals surface area (Å²) >= 11 is 0. The lowest BCUT2D eigenvalue weighted by atomic mass is 10.0. The number of carboxylic acid groups (broad SMARTS) is 1. The van der Waals surface area contributed by atoms with Gasteiger partial charge in [-0.3, -0.25) is 52.9 Å². The van der Waals surface area contributed by atoms with Gasteiger partial charge >= 0.3 is 5.97 Å². The summed E-state index contributed by atoms with van der Waals surface area (Å²) in [7, 11) is 0. The van der Waals surface area contributed by atoms with Gasteiger partial charge in [0, 0.05) is 25.9 Å². The van der Waals surface area contributed by atoms with Gasteiger partial charge in [0.1, 0.15) is 54.4 Å². The van der Waals surface area contributed by atoms with E-state index in [1.165, 1.54) is 11.8 Å². The van der Waals surface area contributed by atoms with Gasteiger partial charge in [-0.05, 0) is 63.9 Å². The summed E-state index contributed by atoms with van der Waals surface area (Å²) in [6.45, 7) is 3.68. The predicted octanol–water partition coefficient (Wildman–Crippen LogP) is -7.11. The van der Waals surface area contributed by atoms with Crippen LogP contribution in [0.3, 0.4) is 0 Å². The minimum Gasteiger partial charge on any atom is -0.480 e. The zero-order valence-electron chi connectivity index (χ0n) is 42.4. The minimum atomic E-state index is -1.72. The third-order valence-corrected chi connectivity index (χ3v) is 11.6. The number of primary amides is 1. The van der Waals surface area contributed by atoms with Crippen molar-refractivity contribution in [2.24, 2.45) is 33.8 Å². The molecule has 20 N–H and O–H groups in total. The molecule has 29 nitrogen and oxygen atoms in total. The van der Waals surface area contributed by atoms with Crippen LogP contribution in [-0.4, -0.2) is 190 Å². The van der Waals surface area contributed by atoms with E-state index in [1.807, 2.05) is 0 Å². The number of rotatable bonds is 32. The maximum absolute atomic E-state index is 14.1. The van der Waals surface area contributed by atoms with Gasteiger partial charge in [-0.1, -0.05) is 44.2 Å². The number of nitrogens with two attached hydrogens (primary N) is 4. The summed E-state index contributed by atoms with van der Waals surface area (Å²) in [5.41, 5.74) is 22.1. The summed E-state index contributed by atoms with van der Waals surface area (Å²) in [6, 6.07) is -4.43. The van der Waals surface area contributed by atoms with Crippen molar-refractivity contribution >= 4 is 71.0 Å². The maximum atomic E-state index is 14.1. The van der Waals surface area contributed by atoms with Crippen LogP contribution in [0.4, 0.5) is 0 Å². The molecule has 1 heterocycles. The first-order valence-corrected chi connectivity index (χ1v) is 24.2. The Hall–Kier alpha value is -7.50. The molecule has 1 aromatic carbocycles. The molecule has 418 valence electrons. The standard InChI is InChI=1S/C46H74N14O15/c1-23(2)18-31(57-39(68)28(12-8-16-51-46(49)50)54-38(67)27(47)21-61)44(73)60-17-9-13-33(60)42(71)58-32(22-62)41(70)53-24(3)37(66)52-20-35(65)59-36(25(4)63)43(72)56-30(19-26-10-6-5-7-11-26)40(69)55-29(45(74)75)14-15-34(48)64/h5-7,10-11,23-25,27-33,36,61-63H,8-9,12-22,47H2,1-4H3,(H2,48,64)(H,52,66)(H,53,70)(H,54,67)(H,55,69)(H,56,72)(H,57,68)(H,58,71)(H,59,65)(H,74,75)(H4,49,50,51)/t24-,25+,27-,28-,29-,30-,31-,32-,33-,36-/m0/s1. The third kappa shape index (κ3) is 22.3. The number of carbonyl (C=O) groups is 11. The molecular formula is C46H74N14O15. The lowest BCUT2D eigenvalue weighted by Gasteiger charge is -2.31. The van der Waals surface area contributed by atoms with Crippen LogP contribution in [0, 0.1) is 5.92 Å². The quantitative estimate of drug-likeness (QED) is 0.0181. The normalized spacial score (nSPS) is 16.7. The highest BCUT2D eigenvalue weighted by atomic mass is 16.4. The topological polar surface area (TPSA) is 485 Å². The Balaban J connectivity index is 2.10. The summed E-state index contributed by atoms with van der Waals surface area (Å²) in [6.07, 6.45) is -1.63. The molecule has 1 aliphatic rings. The fourth-order valence-corrected chi connectivity index (χ4v) is 7.53. The van der Waals surface area contributed by atoms with Gasteiger partial charge in [-0.15, -0.1) is 0 Å². The van der Waals surface area contributed by atoms with Crippen LogP contribution in [-0.2, 0) is 59.2 Å². The van der Waals surface area contributed by atoms with Crippen LogP contribution in [0.15, 0.2) is 35.3 Å². The summed E-state index contributed by atoms with van der Waals surface area (Å²) in [4.78, 5) is 148. The highest BCUT2D eigenvalue weighted by Gasteiger charge is 2.40. The molecule has 1 aliphatic heterocycles. The van der Waals surface area contributed by atoms with Gasteiger partial charge in [0.2, 0.25) is 59.1 Å². The molecule has 0 bridgehead atoms. The fourth-order valence-electron chi connectivity index (χ4n) is 7.53. The van der Waals surface area contributed by atoms with E-state index >= 15 is 0 Å². The van der Waals surface area contributed by atoms with Crippen LogP contribution in [0.25, 0.3) is 0 Å². The number of carbonyl (C=O) groups excluding carboxylic acids is 10. The molecule has 2 rings (SSSR count). The molecule has 75 heavy (non-hydrogen) atoms. The number of likely N-dealkylation sites (tertiary alicyclic amines) is 1. The molecule has 1 aromatic rings. The van der Waals surface area contributed by atoms with Crippen molar-refractivity contribution in [3.8, 4) is 0 Å². The van der Waals surface area contributed by atoms with Crippen molar-refractivity contribution in [1.29, 1.82) is 0 Å². The van der Waals surface area contributed by atoms with Crippen LogP contribution >= 0.6 is 0 Å². The van der Waals surface area contributed by atoms with E-state index in [0.717, 1.165) is 6.92 Å². The first-order valence-electron chi connectivity index (χ1n) is 24.2. The molecule has 0 radical (unpaired) electrons. The molecule has 10 amide bonds. The van der Waals surface area contributed by atoms with Gasteiger partial charge in [0.25, 0.3) is 0 Å². The van der Waals surface area contributed by atoms with Gasteiger partial charge in [-0.25, -0.2) is 4.79 Å². The highest BCUT2D eigenvalue weighted by Crippen LogP contribution is 2.21.